The van der Waals surface area contributed by atoms with Crippen LogP contribution in [0.1, 0.15) is 5.76 Å². The number of nitrogens with one attached hydrogen (secondary N) is 1. The summed E-state index contributed by atoms with van der Waals surface area (Å²) in [5.41, 5.74) is 1.09. The molecule has 0 bridgehead atoms. The molecule has 0 spiro atoms. The van der Waals surface area contributed by atoms with Gasteiger partial charge in [0.1, 0.15) is 11.6 Å². The second-order valence-electron chi connectivity index (χ2n) is 3.73. The molecule has 2 aromatic heterocycles. The summed E-state index contributed by atoms with van der Waals surface area (Å²) in [6, 6.07) is 7.79. The van der Waals surface area contributed by atoms with Crippen LogP contribution in [0.2, 0.25) is 0 Å². The van der Waals surface area contributed by atoms with Gasteiger partial charge in [0.05, 0.1) is 24.7 Å². The van der Waals surface area contributed by atoms with E-state index < -0.39 is 0 Å². The van der Waals surface area contributed by atoms with Gasteiger partial charge in [-0.25, -0.2) is 4.98 Å². The highest BCUT2D eigenvalue weighted by Crippen LogP contribution is 2.12. The standard InChI is InChI=1S/C12H15N3O/c1-15(2)10-5-6-12(13-8-10)14-9-11-4-3-7-16-11/h3-8H,9H2,1-2H3,(H,13,14). The summed E-state index contributed by atoms with van der Waals surface area (Å²) in [4.78, 5) is 6.32. The van der Waals surface area contributed by atoms with Gasteiger partial charge >= 0.3 is 0 Å². The van der Waals surface area contributed by atoms with E-state index >= 15 is 0 Å². The Morgan fingerprint density at radius 2 is 2.19 bits per heavy atom. The maximum absolute atomic E-state index is 5.22. The molecule has 0 saturated heterocycles. The number of pyridine rings is 1. The zero-order chi connectivity index (χ0) is 11.4. The maximum Gasteiger partial charge on any atom is 0.126 e. The third-order valence-corrected chi connectivity index (χ3v) is 2.29. The lowest BCUT2D eigenvalue weighted by atomic mass is 10.3. The minimum atomic E-state index is 0.654. The van der Waals surface area contributed by atoms with Crippen molar-refractivity contribution in [1.29, 1.82) is 0 Å². The van der Waals surface area contributed by atoms with Gasteiger partial charge in [-0.1, -0.05) is 0 Å². The average Bonchev–Trinajstić information content (AvgIpc) is 2.80. The van der Waals surface area contributed by atoms with Crippen LogP contribution in [0, 0.1) is 0 Å². The minimum Gasteiger partial charge on any atom is -0.467 e. The van der Waals surface area contributed by atoms with Crippen LogP contribution in [0.3, 0.4) is 0 Å². The van der Waals surface area contributed by atoms with Crippen LogP contribution in [0.4, 0.5) is 11.5 Å². The quantitative estimate of drug-likeness (QED) is 0.853. The van der Waals surface area contributed by atoms with Gasteiger partial charge < -0.3 is 14.6 Å². The van der Waals surface area contributed by atoms with Crippen LogP contribution in [0.5, 0.6) is 0 Å². The van der Waals surface area contributed by atoms with E-state index in [1.807, 2.05) is 49.5 Å². The molecule has 1 N–H and O–H groups in total. The zero-order valence-electron chi connectivity index (χ0n) is 9.47. The molecule has 0 atom stereocenters. The van der Waals surface area contributed by atoms with Crippen LogP contribution >= 0.6 is 0 Å². The van der Waals surface area contributed by atoms with Gasteiger partial charge in [-0.2, -0.15) is 0 Å². The number of hydrogen-bond acceptors (Lipinski definition) is 4. The number of rotatable bonds is 4. The Kier molecular flexibility index (Phi) is 3.10. The SMILES string of the molecule is CN(C)c1ccc(NCc2ccco2)nc1. The van der Waals surface area contributed by atoms with Crippen molar-refractivity contribution in [3.8, 4) is 0 Å². The van der Waals surface area contributed by atoms with E-state index in [1.54, 1.807) is 6.26 Å². The summed E-state index contributed by atoms with van der Waals surface area (Å²) in [5, 5.41) is 3.19. The lowest BCUT2D eigenvalue weighted by Crippen LogP contribution is -2.09. The molecule has 0 unspecified atom stereocenters. The van der Waals surface area contributed by atoms with Crippen molar-refractivity contribution in [1.82, 2.24) is 4.98 Å². The molecule has 0 aliphatic carbocycles. The van der Waals surface area contributed by atoms with Crippen molar-refractivity contribution < 1.29 is 4.42 Å². The van der Waals surface area contributed by atoms with E-state index in [0.717, 1.165) is 17.3 Å². The van der Waals surface area contributed by atoms with Crippen molar-refractivity contribution in [2.24, 2.45) is 0 Å². The summed E-state index contributed by atoms with van der Waals surface area (Å²) in [6.07, 6.45) is 3.50. The normalized spacial score (nSPS) is 10.1. The topological polar surface area (TPSA) is 41.3 Å². The summed E-state index contributed by atoms with van der Waals surface area (Å²) >= 11 is 0. The monoisotopic (exact) mass is 217 g/mol. The molecule has 4 nitrogen and oxygen atoms in total. The molecule has 84 valence electrons. The smallest absolute Gasteiger partial charge is 0.126 e. The Hall–Kier alpha value is -1.97. The molecular formula is C12H15N3O. The molecule has 0 radical (unpaired) electrons. The molecule has 0 fully saturated rings. The first-order valence-corrected chi connectivity index (χ1v) is 5.15. The largest absolute Gasteiger partial charge is 0.467 e. The van der Waals surface area contributed by atoms with Gasteiger partial charge in [0.25, 0.3) is 0 Å². The fraction of sp³-hybridized carbons (Fsp3) is 0.250. The predicted octanol–water partition coefficient (Wildman–Crippen LogP) is 2.35. The van der Waals surface area contributed by atoms with E-state index in [2.05, 4.69) is 10.3 Å². The highest BCUT2D eigenvalue weighted by Gasteiger charge is 1.98. The molecule has 2 aromatic rings. The maximum atomic E-state index is 5.22. The van der Waals surface area contributed by atoms with Gasteiger partial charge in [-0.3, -0.25) is 0 Å². The highest BCUT2D eigenvalue weighted by atomic mass is 16.3. The van der Waals surface area contributed by atoms with Crippen LogP contribution in [0.15, 0.2) is 41.1 Å². The van der Waals surface area contributed by atoms with E-state index in [0.29, 0.717) is 6.54 Å². The van der Waals surface area contributed by atoms with Gasteiger partial charge in [0.15, 0.2) is 0 Å². The second kappa shape index (κ2) is 4.70. The summed E-state index contributed by atoms with van der Waals surface area (Å²) in [6.45, 7) is 0.654. The van der Waals surface area contributed by atoms with E-state index in [4.69, 9.17) is 4.42 Å². The van der Waals surface area contributed by atoms with Crippen LogP contribution < -0.4 is 10.2 Å². The first-order valence-electron chi connectivity index (χ1n) is 5.15. The molecule has 0 saturated carbocycles. The first-order chi connectivity index (χ1) is 7.75. The second-order valence-corrected chi connectivity index (χ2v) is 3.73. The molecule has 2 heterocycles. The van der Waals surface area contributed by atoms with Crippen LogP contribution in [0.25, 0.3) is 0 Å². The van der Waals surface area contributed by atoms with Crippen molar-refractivity contribution in [2.75, 3.05) is 24.3 Å². The number of aromatic nitrogens is 1. The van der Waals surface area contributed by atoms with Crippen molar-refractivity contribution in [3.63, 3.8) is 0 Å². The predicted molar refractivity (Wildman–Crippen MR) is 64.6 cm³/mol. The number of anilines is 2. The molecule has 2 rings (SSSR count). The Morgan fingerprint density at radius 1 is 1.31 bits per heavy atom. The van der Waals surface area contributed by atoms with Gasteiger partial charge in [-0.15, -0.1) is 0 Å². The van der Waals surface area contributed by atoms with Gasteiger partial charge in [0.2, 0.25) is 0 Å². The third-order valence-electron chi connectivity index (χ3n) is 2.29. The lowest BCUT2D eigenvalue weighted by molar-refractivity contribution is 0.518. The number of furan rings is 1. The van der Waals surface area contributed by atoms with E-state index in [1.165, 1.54) is 0 Å². The lowest BCUT2D eigenvalue weighted by Gasteiger charge is -2.12. The summed E-state index contributed by atoms with van der Waals surface area (Å²) in [7, 11) is 3.99. The minimum absolute atomic E-state index is 0.654. The number of nitrogens with zero attached hydrogens (tertiary/aromatic N) is 2. The van der Waals surface area contributed by atoms with Gasteiger partial charge in [0, 0.05) is 14.1 Å². The summed E-state index contributed by atoms with van der Waals surface area (Å²) < 4.78 is 5.22. The Balaban J connectivity index is 1.95. The Morgan fingerprint density at radius 3 is 2.75 bits per heavy atom. The van der Waals surface area contributed by atoms with Crippen molar-refractivity contribution in [2.45, 2.75) is 6.54 Å². The van der Waals surface area contributed by atoms with Crippen LogP contribution in [-0.4, -0.2) is 19.1 Å². The molecular weight excluding hydrogens is 202 g/mol. The molecule has 0 aliphatic rings. The third kappa shape index (κ3) is 2.53. The zero-order valence-corrected chi connectivity index (χ0v) is 9.47. The highest BCUT2D eigenvalue weighted by molar-refractivity contribution is 5.48. The fourth-order valence-corrected chi connectivity index (χ4v) is 1.35. The van der Waals surface area contributed by atoms with E-state index in [-0.39, 0.29) is 0 Å². The first kappa shape index (κ1) is 10.5. The van der Waals surface area contributed by atoms with Crippen LogP contribution in [-0.2, 0) is 6.54 Å². The average molecular weight is 217 g/mol. The van der Waals surface area contributed by atoms with Gasteiger partial charge in [-0.05, 0) is 24.3 Å². The summed E-state index contributed by atoms with van der Waals surface area (Å²) in [5.74, 6) is 1.75. The molecule has 4 heteroatoms. The molecule has 16 heavy (non-hydrogen) atoms. The Labute approximate surface area is 94.9 Å². The molecule has 0 aromatic carbocycles. The Bertz CT molecular complexity index is 420. The van der Waals surface area contributed by atoms with E-state index in [9.17, 15) is 0 Å². The molecule has 0 aliphatic heterocycles. The molecule has 0 amide bonds. The van der Waals surface area contributed by atoms with Crippen molar-refractivity contribution in [3.05, 3.63) is 42.5 Å². The fourth-order valence-electron chi connectivity index (χ4n) is 1.35. The number of hydrogen-bond donors (Lipinski definition) is 1. The van der Waals surface area contributed by atoms with Crippen molar-refractivity contribution >= 4 is 11.5 Å².